The standard InChI is InChI=1S/C32H40N4/c1-23-10-12-30-31(14-17-36-32(30)20-23)35-16-9-7-5-4-6-8-15-34-25(3)21-26-18-24(2)19-27-22-28(33)11-13-29(26)27/h10-14,17-18,20,22,34H,2-9,15-16,19,21,33H2,1H3,(H,35,36). The summed E-state index contributed by atoms with van der Waals surface area (Å²) in [6, 6.07) is 14.7. The molecule has 4 heteroatoms. The molecular weight excluding hydrogens is 440 g/mol. The van der Waals surface area contributed by atoms with Gasteiger partial charge in [0.2, 0.25) is 0 Å². The Morgan fingerprint density at radius 3 is 2.58 bits per heavy atom. The van der Waals surface area contributed by atoms with E-state index >= 15 is 0 Å². The van der Waals surface area contributed by atoms with Crippen LogP contribution in [0.3, 0.4) is 0 Å². The average molecular weight is 481 g/mol. The molecule has 1 aliphatic carbocycles. The summed E-state index contributed by atoms with van der Waals surface area (Å²) in [5.41, 5.74) is 16.3. The fourth-order valence-corrected chi connectivity index (χ4v) is 4.99. The van der Waals surface area contributed by atoms with E-state index in [2.05, 4.69) is 78.2 Å². The van der Waals surface area contributed by atoms with Gasteiger partial charge in [-0.05, 0) is 72.7 Å². The van der Waals surface area contributed by atoms with Crippen LogP contribution in [-0.2, 0) is 6.42 Å². The third-order valence-electron chi connectivity index (χ3n) is 6.87. The highest BCUT2D eigenvalue weighted by atomic mass is 14.9. The monoisotopic (exact) mass is 480 g/mol. The van der Waals surface area contributed by atoms with Gasteiger partial charge in [0.1, 0.15) is 0 Å². The molecule has 4 N–H and O–H groups in total. The molecule has 4 nitrogen and oxygen atoms in total. The summed E-state index contributed by atoms with van der Waals surface area (Å²) in [6.45, 7) is 12.5. The van der Waals surface area contributed by atoms with Crippen molar-refractivity contribution in [2.24, 2.45) is 0 Å². The van der Waals surface area contributed by atoms with Gasteiger partial charge in [0.05, 0.1) is 5.52 Å². The normalized spacial score (nSPS) is 12.8. The van der Waals surface area contributed by atoms with Gasteiger partial charge in [0.15, 0.2) is 0 Å². The summed E-state index contributed by atoms with van der Waals surface area (Å²) in [6.07, 6.45) is 13.3. The van der Waals surface area contributed by atoms with Crippen LogP contribution in [0.25, 0.3) is 16.5 Å². The van der Waals surface area contributed by atoms with Gasteiger partial charge in [-0.25, -0.2) is 0 Å². The quantitative estimate of drug-likeness (QED) is 0.174. The summed E-state index contributed by atoms with van der Waals surface area (Å²) >= 11 is 0. The van der Waals surface area contributed by atoms with Crippen LogP contribution >= 0.6 is 0 Å². The SMILES string of the molecule is C=C1C=C(CC(=C)NCCCCCCCCNc2ccnc3cc(C)ccc23)c2ccc(N)cc2C1. The van der Waals surface area contributed by atoms with Crippen LogP contribution in [0.2, 0.25) is 0 Å². The number of hydrogen-bond donors (Lipinski definition) is 3. The first-order valence-electron chi connectivity index (χ1n) is 13.3. The van der Waals surface area contributed by atoms with Crippen LogP contribution in [0.1, 0.15) is 61.6 Å². The average Bonchev–Trinajstić information content (AvgIpc) is 2.84. The third-order valence-corrected chi connectivity index (χ3v) is 6.87. The zero-order chi connectivity index (χ0) is 25.3. The van der Waals surface area contributed by atoms with Crippen LogP contribution in [0.15, 0.2) is 79.2 Å². The van der Waals surface area contributed by atoms with Crippen molar-refractivity contribution in [3.8, 4) is 0 Å². The summed E-state index contributed by atoms with van der Waals surface area (Å²) in [4.78, 5) is 4.49. The number of allylic oxidation sites excluding steroid dienone is 3. The maximum absolute atomic E-state index is 5.98. The van der Waals surface area contributed by atoms with E-state index in [9.17, 15) is 0 Å². The van der Waals surface area contributed by atoms with Crippen LogP contribution < -0.4 is 16.4 Å². The first-order valence-corrected chi connectivity index (χ1v) is 13.3. The van der Waals surface area contributed by atoms with E-state index in [4.69, 9.17) is 5.73 Å². The Kier molecular flexibility index (Phi) is 8.83. The molecule has 0 radical (unpaired) electrons. The number of pyridine rings is 1. The Balaban J connectivity index is 1.07. The smallest absolute Gasteiger partial charge is 0.0725 e. The number of fused-ring (bicyclic) bond motifs is 2. The first-order chi connectivity index (χ1) is 17.5. The largest absolute Gasteiger partial charge is 0.399 e. The van der Waals surface area contributed by atoms with Crippen LogP contribution in [0.5, 0.6) is 0 Å². The number of nitrogens with two attached hydrogens (primary N) is 1. The van der Waals surface area contributed by atoms with E-state index in [1.165, 1.54) is 71.9 Å². The Labute approximate surface area is 216 Å². The fraction of sp³-hybridized carbons (Fsp3) is 0.344. The maximum Gasteiger partial charge on any atom is 0.0725 e. The van der Waals surface area contributed by atoms with Crippen molar-refractivity contribution >= 4 is 27.9 Å². The van der Waals surface area contributed by atoms with E-state index in [1.807, 2.05) is 12.3 Å². The van der Waals surface area contributed by atoms with Gasteiger partial charge in [-0.1, -0.05) is 68.7 Å². The number of aryl methyl sites for hydroxylation is 1. The zero-order valence-corrected chi connectivity index (χ0v) is 21.7. The van der Waals surface area contributed by atoms with Gasteiger partial charge in [-0.3, -0.25) is 4.98 Å². The lowest BCUT2D eigenvalue weighted by Crippen LogP contribution is -2.15. The molecule has 0 saturated carbocycles. The lowest BCUT2D eigenvalue weighted by atomic mass is 9.86. The Morgan fingerprint density at radius 1 is 0.972 bits per heavy atom. The molecule has 1 aliphatic rings. The number of rotatable bonds is 13. The molecule has 36 heavy (non-hydrogen) atoms. The third kappa shape index (κ3) is 7.00. The molecule has 0 saturated heterocycles. The molecule has 2 aromatic carbocycles. The number of unbranched alkanes of at least 4 members (excludes halogenated alkanes) is 5. The molecule has 1 aromatic heterocycles. The molecule has 0 atom stereocenters. The molecular formula is C32H40N4. The maximum atomic E-state index is 5.98. The van der Waals surface area contributed by atoms with Crippen LogP contribution in [0, 0.1) is 6.92 Å². The minimum absolute atomic E-state index is 0.813. The predicted octanol–water partition coefficient (Wildman–Crippen LogP) is 7.57. The zero-order valence-electron chi connectivity index (χ0n) is 21.7. The molecule has 3 aromatic rings. The highest BCUT2D eigenvalue weighted by Crippen LogP contribution is 2.33. The molecule has 0 amide bonds. The van der Waals surface area contributed by atoms with Crippen molar-refractivity contribution in [2.45, 2.75) is 58.3 Å². The van der Waals surface area contributed by atoms with E-state index < -0.39 is 0 Å². The summed E-state index contributed by atoms with van der Waals surface area (Å²) in [7, 11) is 0. The molecule has 0 fully saturated rings. The number of hydrogen-bond acceptors (Lipinski definition) is 4. The van der Waals surface area contributed by atoms with Gasteiger partial charge in [-0.15, -0.1) is 0 Å². The lowest BCUT2D eigenvalue weighted by Gasteiger charge is -2.21. The van der Waals surface area contributed by atoms with Crippen molar-refractivity contribution in [3.63, 3.8) is 0 Å². The summed E-state index contributed by atoms with van der Waals surface area (Å²) < 4.78 is 0. The first kappa shape index (κ1) is 25.6. The van der Waals surface area contributed by atoms with Crippen molar-refractivity contribution in [2.75, 3.05) is 24.1 Å². The van der Waals surface area contributed by atoms with E-state index in [-0.39, 0.29) is 0 Å². The summed E-state index contributed by atoms with van der Waals surface area (Å²) in [5.74, 6) is 0. The van der Waals surface area contributed by atoms with Gasteiger partial charge in [0.25, 0.3) is 0 Å². The minimum Gasteiger partial charge on any atom is -0.399 e. The van der Waals surface area contributed by atoms with E-state index in [0.29, 0.717) is 0 Å². The number of anilines is 2. The van der Waals surface area contributed by atoms with Crippen molar-refractivity contribution in [1.82, 2.24) is 10.3 Å². The van der Waals surface area contributed by atoms with Crippen molar-refractivity contribution in [1.29, 1.82) is 0 Å². The second kappa shape index (κ2) is 12.4. The number of nitrogen functional groups attached to an aromatic ring is 1. The van der Waals surface area contributed by atoms with E-state index in [1.54, 1.807) is 0 Å². The Hall–Kier alpha value is -3.53. The van der Waals surface area contributed by atoms with Crippen LogP contribution in [0.4, 0.5) is 11.4 Å². The molecule has 188 valence electrons. The van der Waals surface area contributed by atoms with Gasteiger partial charge in [-0.2, -0.15) is 0 Å². The van der Waals surface area contributed by atoms with E-state index in [0.717, 1.165) is 48.4 Å². The number of nitrogens with one attached hydrogen (secondary N) is 2. The topological polar surface area (TPSA) is 63.0 Å². The highest BCUT2D eigenvalue weighted by Gasteiger charge is 2.15. The van der Waals surface area contributed by atoms with Gasteiger partial charge < -0.3 is 16.4 Å². The van der Waals surface area contributed by atoms with Crippen molar-refractivity contribution < 1.29 is 0 Å². The number of aromatic nitrogens is 1. The predicted molar refractivity (Wildman–Crippen MR) is 156 cm³/mol. The molecule has 0 spiro atoms. The lowest BCUT2D eigenvalue weighted by molar-refractivity contribution is 0.587. The molecule has 0 aliphatic heterocycles. The van der Waals surface area contributed by atoms with Gasteiger partial charge >= 0.3 is 0 Å². The highest BCUT2D eigenvalue weighted by molar-refractivity contribution is 5.91. The Morgan fingerprint density at radius 2 is 1.75 bits per heavy atom. The molecule has 4 rings (SSSR count). The number of benzene rings is 2. The minimum atomic E-state index is 0.813. The number of nitrogens with zero attached hydrogens (tertiary/aromatic N) is 1. The fourth-order valence-electron chi connectivity index (χ4n) is 4.99. The van der Waals surface area contributed by atoms with Gasteiger partial charge in [0, 0.05) is 48.2 Å². The molecule has 1 heterocycles. The summed E-state index contributed by atoms with van der Waals surface area (Å²) in [5, 5.41) is 8.33. The van der Waals surface area contributed by atoms with Crippen molar-refractivity contribution in [3.05, 3.63) is 95.9 Å². The van der Waals surface area contributed by atoms with Crippen LogP contribution in [-0.4, -0.2) is 18.1 Å². The molecule has 0 unspecified atom stereocenters. The second-order valence-corrected chi connectivity index (χ2v) is 10.1. The second-order valence-electron chi connectivity index (χ2n) is 10.1. The Bertz CT molecular complexity index is 1250. The molecule has 0 bridgehead atoms.